The van der Waals surface area contributed by atoms with Crippen molar-refractivity contribution in [2.45, 2.75) is 70.0 Å². The van der Waals surface area contributed by atoms with Crippen LogP contribution in [0.2, 0.25) is 0 Å². The topological polar surface area (TPSA) is 23.6 Å². The first kappa shape index (κ1) is 15.8. The normalized spacial score (nSPS) is 42.0. The molecule has 0 amide bonds. The van der Waals surface area contributed by atoms with Crippen molar-refractivity contribution >= 4 is 17.4 Å². The Morgan fingerprint density at radius 1 is 1.14 bits per heavy atom. The lowest BCUT2D eigenvalue weighted by atomic mass is 9.85. The zero-order valence-corrected chi connectivity index (χ0v) is 14.2. The highest BCUT2D eigenvalue weighted by Gasteiger charge is 2.43. The van der Waals surface area contributed by atoms with Gasteiger partial charge in [0, 0.05) is 23.9 Å². The lowest BCUT2D eigenvalue weighted by Crippen LogP contribution is -2.50. The molecule has 3 nitrogen and oxygen atoms in total. The molecule has 2 heterocycles. The minimum Gasteiger partial charge on any atom is -0.298 e. The second-order valence-electron chi connectivity index (χ2n) is 7.46. The molecule has 120 valence electrons. The molecule has 2 aliphatic heterocycles. The first-order valence-electron chi connectivity index (χ1n) is 8.73. The second kappa shape index (κ2) is 6.55. The molecule has 1 saturated carbocycles. The van der Waals surface area contributed by atoms with Crippen molar-refractivity contribution < 1.29 is 4.79 Å². The highest BCUT2D eigenvalue weighted by Crippen LogP contribution is 2.34. The molecular formula is C17H29ClN2O. The molecule has 0 aromatic carbocycles. The predicted octanol–water partition coefficient (Wildman–Crippen LogP) is 3.12. The summed E-state index contributed by atoms with van der Waals surface area (Å²) in [5, 5.41) is 0.300. The molecule has 0 aromatic rings. The van der Waals surface area contributed by atoms with Gasteiger partial charge < -0.3 is 0 Å². The van der Waals surface area contributed by atoms with Crippen molar-refractivity contribution in [1.82, 2.24) is 9.80 Å². The number of hydrogen-bond donors (Lipinski definition) is 0. The van der Waals surface area contributed by atoms with Crippen molar-refractivity contribution in [3.05, 3.63) is 0 Å². The monoisotopic (exact) mass is 312 g/mol. The number of hydrogen-bond acceptors (Lipinski definition) is 3. The molecule has 0 bridgehead atoms. The molecule has 3 atom stereocenters. The maximum absolute atomic E-state index is 12.7. The molecular weight excluding hydrogens is 284 g/mol. The SMILES string of the molecule is CC1CCCN2CC(C)N(CC(=O)C3CCC(Cl)CC3)C12. The third-order valence-corrected chi connectivity index (χ3v) is 6.28. The summed E-state index contributed by atoms with van der Waals surface area (Å²) in [6, 6.07) is 0.517. The smallest absolute Gasteiger partial charge is 0.149 e. The van der Waals surface area contributed by atoms with Gasteiger partial charge >= 0.3 is 0 Å². The molecule has 0 aromatic heterocycles. The first-order chi connectivity index (χ1) is 10.1. The summed E-state index contributed by atoms with van der Waals surface area (Å²) in [6.45, 7) is 7.64. The van der Waals surface area contributed by atoms with Crippen molar-refractivity contribution in [1.29, 1.82) is 0 Å². The van der Waals surface area contributed by atoms with Crippen molar-refractivity contribution in [2.75, 3.05) is 19.6 Å². The lowest BCUT2D eigenvalue weighted by Gasteiger charge is -2.39. The van der Waals surface area contributed by atoms with Crippen LogP contribution < -0.4 is 0 Å². The lowest BCUT2D eigenvalue weighted by molar-refractivity contribution is -0.126. The number of Topliss-reactive ketones (excluding diaryl/α,β-unsaturated/α-hetero) is 1. The van der Waals surface area contributed by atoms with Gasteiger partial charge in [0.05, 0.1) is 12.7 Å². The van der Waals surface area contributed by atoms with Gasteiger partial charge in [-0.05, 0) is 57.9 Å². The van der Waals surface area contributed by atoms with E-state index in [0.717, 1.165) is 32.2 Å². The molecule has 3 rings (SSSR count). The number of alkyl halides is 1. The summed E-state index contributed by atoms with van der Waals surface area (Å²) in [7, 11) is 0. The minimum absolute atomic E-state index is 0.264. The van der Waals surface area contributed by atoms with Crippen LogP contribution in [0.3, 0.4) is 0 Å². The Morgan fingerprint density at radius 3 is 2.57 bits per heavy atom. The summed E-state index contributed by atoms with van der Waals surface area (Å²) in [5.74, 6) is 1.42. The maximum atomic E-state index is 12.7. The van der Waals surface area contributed by atoms with Crippen molar-refractivity contribution in [3.63, 3.8) is 0 Å². The van der Waals surface area contributed by atoms with Gasteiger partial charge in [0.2, 0.25) is 0 Å². The predicted molar refractivity (Wildman–Crippen MR) is 86.5 cm³/mol. The Balaban J connectivity index is 1.61. The Hall–Kier alpha value is -0.120. The highest BCUT2D eigenvalue weighted by atomic mass is 35.5. The standard InChI is InChI=1S/C17H29ClN2O/c1-12-4-3-9-19-10-13(2)20(17(12)19)11-16(21)14-5-7-15(18)8-6-14/h12-15,17H,3-11H2,1-2H3. The van der Waals surface area contributed by atoms with Gasteiger partial charge in [0.1, 0.15) is 5.78 Å². The molecule has 3 fully saturated rings. The van der Waals surface area contributed by atoms with E-state index in [1.54, 1.807) is 0 Å². The highest BCUT2D eigenvalue weighted by molar-refractivity contribution is 6.20. The quantitative estimate of drug-likeness (QED) is 0.748. The third kappa shape index (κ3) is 3.30. The fourth-order valence-corrected chi connectivity index (χ4v) is 4.88. The van der Waals surface area contributed by atoms with Crippen LogP contribution in [-0.2, 0) is 4.79 Å². The van der Waals surface area contributed by atoms with Crippen LogP contribution in [0.5, 0.6) is 0 Å². The van der Waals surface area contributed by atoms with E-state index in [9.17, 15) is 4.79 Å². The van der Waals surface area contributed by atoms with Gasteiger partial charge in [-0.2, -0.15) is 0 Å². The van der Waals surface area contributed by atoms with Crippen molar-refractivity contribution in [2.24, 2.45) is 11.8 Å². The number of nitrogens with zero attached hydrogens (tertiary/aromatic N) is 2. The average molecular weight is 313 g/mol. The minimum atomic E-state index is 0.264. The van der Waals surface area contributed by atoms with E-state index < -0.39 is 0 Å². The van der Waals surface area contributed by atoms with Gasteiger partial charge in [-0.1, -0.05) is 6.92 Å². The summed E-state index contributed by atoms with van der Waals surface area (Å²) in [6.07, 6.45) is 7.14. The summed E-state index contributed by atoms with van der Waals surface area (Å²) < 4.78 is 0. The van der Waals surface area contributed by atoms with Gasteiger partial charge in [-0.3, -0.25) is 14.6 Å². The third-order valence-electron chi connectivity index (χ3n) is 5.84. The van der Waals surface area contributed by atoms with E-state index in [-0.39, 0.29) is 5.92 Å². The second-order valence-corrected chi connectivity index (χ2v) is 8.08. The summed E-state index contributed by atoms with van der Waals surface area (Å²) >= 11 is 6.16. The Morgan fingerprint density at radius 2 is 1.86 bits per heavy atom. The summed E-state index contributed by atoms with van der Waals surface area (Å²) in [4.78, 5) is 17.8. The molecule has 2 saturated heterocycles. The zero-order chi connectivity index (χ0) is 15.0. The van der Waals surface area contributed by atoms with Gasteiger partial charge in [0.15, 0.2) is 0 Å². The number of fused-ring (bicyclic) bond motifs is 1. The van der Waals surface area contributed by atoms with E-state index in [1.807, 2.05) is 0 Å². The van der Waals surface area contributed by atoms with Crippen LogP contribution in [0.4, 0.5) is 0 Å². The molecule has 21 heavy (non-hydrogen) atoms. The van der Waals surface area contributed by atoms with Crippen LogP contribution in [0.1, 0.15) is 52.4 Å². The van der Waals surface area contributed by atoms with Crippen LogP contribution in [0.25, 0.3) is 0 Å². The first-order valence-corrected chi connectivity index (χ1v) is 9.16. The van der Waals surface area contributed by atoms with E-state index in [0.29, 0.717) is 35.8 Å². The molecule has 1 aliphatic carbocycles. The molecule has 4 heteroatoms. The number of piperidine rings is 1. The van der Waals surface area contributed by atoms with Gasteiger partial charge in [-0.15, -0.1) is 11.6 Å². The van der Waals surface area contributed by atoms with Crippen LogP contribution in [0, 0.1) is 11.8 Å². The number of carbonyl (C=O) groups is 1. The molecule has 3 aliphatic rings. The van der Waals surface area contributed by atoms with E-state index in [1.165, 1.54) is 19.4 Å². The van der Waals surface area contributed by atoms with E-state index in [2.05, 4.69) is 23.6 Å². The fourth-order valence-electron chi connectivity index (χ4n) is 4.63. The Kier molecular flexibility index (Phi) is 4.92. The van der Waals surface area contributed by atoms with Crippen LogP contribution in [0.15, 0.2) is 0 Å². The molecule has 0 N–H and O–H groups in total. The average Bonchev–Trinajstić information content (AvgIpc) is 2.77. The Labute approximate surface area is 134 Å². The number of ketones is 1. The van der Waals surface area contributed by atoms with Gasteiger partial charge in [-0.25, -0.2) is 0 Å². The fraction of sp³-hybridized carbons (Fsp3) is 0.941. The maximum Gasteiger partial charge on any atom is 0.149 e. The molecule has 0 radical (unpaired) electrons. The molecule has 3 unspecified atom stereocenters. The summed E-state index contributed by atoms with van der Waals surface area (Å²) in [5.41, 5.74) is 0. The van der Waals surface area contributed by atoms with E-state index in [4.69, 9.17) is 11.6 Å². The number of rotatable bonds is 3. The van der Waals surface area contributed by atoms with Crippen LogP contribution in [-0.4, -0.2) is 52.8 Å². The van der Waals surface area contributed by atoms with Crippen molar-refractivity contribution in [3.8, 4) is 0 Å². The van der Waals surface area contributed by atoms with Crippen LogP contribution >= 0.6 is 11.6 Å². The number of halogens is 1. The van der Waals surface area contributed by atoms with E-state index >= 15 is 0 Å². The Bertz CT molecular complexity index is 381. The largest absolute Gasteiger partial charge is 0.298 e. The van der Waals surface area contributed by atoms with Gasteiger partial charge in [0.25, 0.3) is 0 Å². The number of carbonyl (C=O) groups excluding carboxylic acids is 1. The molecule has 0 spiro atoms. The zero-order valence-electron chi connectivity index (χ0n) is 13.4.